The average Bonchev–Trinajstić information content (AvgIpc) is 2.62. The molecule has 0 radical (unpaired) electrons. The lowest BCUT2D eigenvalue weighted by Gasteiger charge is -2.21. The van der Waals surface area contributed by atoms with Gasteiger partial charge in [0.2, 0.25) is 5.78 Å². The number of benzene rings is 1. The van der Waals surface area contributed by atoms with Crippen molar-refractivity contribution in [2.45, 2.75) is 6.92 Å². The van der Waals surface area contributed by atoms with Crippen LogP contribution in [-0.4, -0.2) is 30.0 Å². The van der Waals surface area contributed by atoms with E-state index in [0.717, 1.165) is 17.8 Å². The van der Waals surface area contributed by atoms with Crippen molar-refractivity contribution in [1.82, 2.24) is 5.32 Å². The molecule has 2 rings (SSSR count). The third-order valence-electron chi connectivity index (χ3n) is 3.00. The van der Waals surface area contributed by atoms with Crippen LogP contribution in [0.5, 0.6) is 0 Å². The predicted octanol–water partition coefficient (Wildman–Crippen LogP) is 3.27. The molecule has 1 aliphatic heterocycles. The predicted molar refractivity (Wildman–Crippen MR) is 101 cm³/mol. The minimum absolute atomic E-state index is 0.189. The number of hydrogen-bond acceptors (Lipinski definition) is 6. The second-order valence-corrected chi connectivity index (χ2v) is 7.11. The van der Waals surface area contributed by atoms with Gasteiger partial charge in [-0.05, 0) is 6.92 Å². The van der Waals surface area contributed by atoms with E-state index in [-0.39, 0.29) is 23.0 Å². The molecule has 1 N–H and O–H groups in total. The third kappa shape index (κ3) is 5.11. The SMILES string of the molecule is C=CCSC1=C(C(=O)c2ccccc2)NC(=O)/C(=C\C(=O)OCC)S1. The first kappa shape index (κ1) is 19.1. The van der Waals surface area contributed by atoms with Crippen LogP contribution >= 0.6 is 23.5 Å². The van der Waals surface area contributed by atoms with Crippen LogP contribution in [0.3, 0.4) is 0 Å². The molecule has 0 spiro atoms. The lowest BCUT2D eigenvalue weighted by Crippen LogP contribution is -2.32. The summed E-state index contributed by atoms with van der Waals surface area (Å²) in [6, 6.07) is 8.70. The standard InChI is InChI=1S/C18H17NO4S2/c1-3-10-24-18-15(16(21)12-8-6-5-7-9-12)19-17(22)13(25-18)11-14(20)23-4-2/h3,5-9,11H,1,4,10H2,2H3,(H,19,22)/b13-11+. The van der Waals surface area contributed by atoms with E-state index in [0.29, 0.717) is 15.6 Å². The maximum atomic E-state index is 12.7. The highest BCUT2D eigenvalue weighted by molar-refractivity contribution is 8.24. The number of thioether (sulfide) groups is 2. The van der Waals surface area contributed by atoms with Crippen molar-refractivity contribution in [1.29, 1.82) is 0 Å². The van der Waals surface area contributed by atoms with E-state index in [1.54, 1.807) is 37.3 Å². The van der Waals surface area contributed by atoms with Gasteiger partial charge in [-0.25, -0.2) is 4.79 Å². The van der Waals surface area contributed by atoms with E-state index in [1.165, 1.54) is 11.8 Å². The Morgan fingerprint density at radius 1 is 1.32 bits per heavy atom. The molecule has 0 aliphatic carbocycles. The van der Waals surface area contributed by atoms with Crippen LogP contribution in [0.25, 0.3) is 0 Å². The number of esters is 1. The smallest absolute Gasteiger partial charge is 0.332 e. The molecule has 1 amide bonds. The highest BCUT2D eigenvalue weighted by atomic mass is 32.2. The van der Waals surface area contributed by atoms with Gasteiger partial charge in [-0.1, -0.05) is 48.2 Å². The molecule has 7 heteroatoms. The van der Waals surface area contributed by atoms with Gasteiger partial charge in [-0.15, -0.1) is 18.3 Å². The zero-order valence-corrected chi connectivity index (χ0v) is 15.2. The summed E-state index contributed by atoms with van der Waals surface area (Å²) in [5.41, 5.74) is 0.696. The normalized spacial score (nSPS) is 15.7. The monoisotopic (exact) mass is 375 g/mol. The summed E-state index contributed by atoms with van der Waals surface area (Å²) in [7, 11) is 0. The first-order valence-corrected chi connectivity index (χ1v) is 9.32. The van der Waals surface area contributed by atoms with Crippen molar-refractivity contribution in [3.05, 3.63) is 69.5 Å². The Hall–Kier alpha value is -2.25. The van der Waals surface area contributed by atoms with Crippen LogP contribution < -0.4 is 5.32 Å². The van der Waals surface area contributed by atoms with Crippen LogP contribution in [-0.2, 0) is 14.3 Å². The molecule has 0 saturated carbocycles. The van der Waals surface area contributed by atoms with Gasteiger partial charge < -0.3 is 10.1 Å². The lowest BCUT2D eigenvalue weighted by atomic mass is 10.1. The van der Waals surface area contributed by atoms with Gasteiger partial charge in [0.1, 0.15) is 5.70 Å². The summed E-state index contributed by atoms with van der Waals surface area (Å²) in [6.07, 6.45) is 2.84. The minimum Gasteiger partial charge on any atom is -0.463 e. The van der Waals surface area contributed by atoms with Crippen LogP contribution in [0.1, 0.15) is 17.3 Å². The minimum atomic E-state index is -0.592. The Morgan fingerprint density at radius 3 is 2.68 bits per heavy atom. The van der Waals surface area contributed by atoms with Crippen molar-refractivity contribution in [3.63, 3.8) is 0 Å². The summed E-state index contributed by atoms with van der Waals surface area (Å²) >= 11 is 2.46. The second-order valence-electron chi connectivity index (χ2n) is 4.77. The molecule has 0 saturated heterocycles. The second kappa shape index (κ2) is 9.29. The van der Waals surface area contributed by atoms with Crippen molar-refractivity contribution in [2.24, 2.45) is 0 Å². The molecule has 5 nitrogen and oxygen atoms in total. The summed E-state index contributed by atoms with van der Waals surface area (Å²) in [4.78, 5) is 36.8. The van der Waals surface area contributed by atoms with Gasteiger partial charge in [-0.3, -0.25) is 9.59 Å². The molecule has 1 aromatic carbocycles. The highest BCUT2D eigenvalue weighted by Crippen LogP contribution is 2.40. The number of carbonyl (C=O) groups is 3. The van der Waals surface area contributed by atoms with Crippen molar-refractivity contribution in [2.75, 3.05) is 12.4 Å². The van der Waals surface area contributed by atoms with Crippen LogP contribution in [0.4, 0.5) is 0 Å². The third-order valence-corrected chi connectivity index (χ3v) is 5.38. The Bertz CT molecular complexity index is 754. The molecule has 1 aliphatic rings. The fraction of sp³-hybridized carbons (Fsp3) is 0.167. The van der Waals surface area contributed by atoms with Crippen LogP contribution in [0.2, 0.25) is 0 Å². The first-order chi connectivity index (χ1) is 12.1. The number of ether oxygens (including phenoxy) is 1. The number of ketones is 1. The molecule has 1 heterocycles. The summed E-state index contributed by atoms with van der Waals surface area (Å²) in [5, 5.41) is 2.61. The van der Waals surface area contributed by atoms with Crippen molar-refractivity contribution < 1.29 is 19.1 Å². The Labute approximate surface area is 154 Å². The van der Waals surface area contributed by atoms with Gasteiger partial charge in [0.05, 0.1) is 15.7 Å². The number of hydrogen-bond donors (Lipinski definition) is 1. The molecular formula is C18H17NO4S2. The van der Waals surface area contributed by atoms with E-state index in [4.69, 9.17) is 4.74 Å². The zero-order valence-electron chi connectivity index (χ0n) is 13.6. The van der Waals surface area contributed by atoms with Crippen LogP contribution in [0.15, 0.2) is 63.9 Å². The van der Waals surface area contributed by atoms with E-state index in [2.05, 4.69) is 11.9 Å². The number of carbonyl (C=O) groups excluding carboxylic acids is 3. The van der Waals surface area contributed by atoms with E-state index in [1.807, 2.05) is 6.07 Å². The van der Waals surface area contributed by atoms with E-state index < -0.39 is 11.9 Å². The number of nitrogens with one attached hydrogen (secondary N) is 1. The maximum absolute atomic E-state index is 12.7. The summed E-state index contributed by atoms with van der Waals surface area (Å²) in [5.74, 6) is -0.800. The van der Waals surface area contributed by atoms with Gasteiger partial charge in [0.25, 0.3) is 5.91 Å². The number of amides is 1. The fourth-order valence-corrected chi connectivity index (χ4v) is 3.94. The molecule has 0 fully saturated rings. The number of rotatable bonds is 7. The van der Waals surface area contributed by atoms with Crippen molar-refractivity contribution >= 4 is 41.2 Å². The molecule has 0 bridgehead atoms. The molecule has 25 heavy (non-hydrogen) atoms. The van der Waals surface area contributed by atoms with Gasteiger partial charge >= 0.3 is 5.97 Å². The Kier molecular flexibility index (Phi) is 7.09. The van der Waals surface area contributed by atoms with Crippen molar-refractivity contribution in [3.8, 4) is 0 Å². The van der Waals surface area contributed by atoms with Gasteiger partial charge in [-0.2, -0.15) is 0 Å². The highest BCUT2D eigenvalue weighted by Gasteiger charge is 2.29. The Morgan fingerprint density at radius 2 is 2.04 bits per heavy atom. The lowest BCUT2D eigenvalue weighted by molar-refractivity contribution is -0.137. The molecule has 0 aromatic heterocycles. The van der Waals surface area contributed by atoms with E-state index >= 15 is 0 Å². The molecule has 0 unspecified atom stereocenters. The topological polar surface area (TPSA) is 72.5 Å². The number of allylic oxidation sites excluding steroid dienone is 1. The van der Waals surface area contributed by atoms with Gasteiger partial charge in [0.15, 0.2) is 0 Å². The fourth-order valence-electron chi connectivity index (χ4n) is 1.93. The average molecular weight is 375 g/mol. The molecular weight excluding hydrogens is 358 g/mol. The summed E-state index contributed by atoms with van der Waals surface area (Å²) in [6.45, 7) is 5.58. The molecule has 1 aromatic rings. The van der Waals surface area contributed by atoms with E-state index in [9.17, 15) is 14.4 Å². The maximum Gasteiger partial charge on any atom is 0.332 e. The largest absolute Gasteiger partial charge is 0.463 e. The van der Waals surface area contributed by atoms with Gasteiger partial charge in [0, 0.05) is 17.4 Å². The number of Topliss-reactive ketones (excluding diaryl/α,β-unsaturated/α-hetero) is 1. The Balaban J connectivity index is 2.35. The zero-order chi connectivity index (χ0) is 18.2. The van der Waals surface area contributed by atoms with Crippen LogP contribution in [0, 0.1) is 0 Å². The first-order valence-electron chi connectivity index (χ1n) is 7.52. The molecule has 0 atom stereocenters. The summed E-state index contributed by atoms with van der Waals surface area (Å²) < 4.78 is 5.45. The quantitative estimate of drug-likeness (QED) is 0.341. The molecule has 130 valence electrons.